The Morgan fingerprint density at radius 3 is 2.44 bits per heavy atom. The van der Waals surface area contributed by atoms with Crippen molar-refractivity contribution in [2.75, 3.05) is 14.2 Å². The molecule has 0 aromatic heterocycles. The van der Waals surface area contributed by atoms with E-state index in [1.807, 2.05) is 0 Å². The average Bonchev–Trinajstić information content (AvgIpc) is 2.99. The van der Waals surface area contributed by atoms with Crippen LogP contribution in [-0.2, 0) is 24.7 Å². The first-order valence-electron chi connectivity index (χ1n) is 7.45. The molecule has 6 heteroatoms. The Morgan fingerprint density at radius 2 is 1.84 bits per heavy atom. The first-order valence-corrected chi connectivity index (χ1v) is 7.83. The molecule has 2 aromatic carbocycles. The minimum atomic E-state index is -1.70. The SMILES string of the molecule is COC(=O)[C@@]1(c2cccc(Cl)c2)OC(=O)C=C1c1ccc(OC)cc1. The van der Waals surface area contributed by atoms with Crippen LogP contribution in [-0.4, -0.2) is 26.2 Å². The molecule has 25 heavy (non-hydrogen) atoms. The quantitative estimate of drug-likeness (QED) is 0.784. The van der Waals surface area contributed by atoms with Gasteiger partial charge in [-0.3, -0.25) is 0 Å². The summed E-state index contributed by atoms with van der Waals surface area (Å²) in [5, 5.41) is 0.415. The van der Waals surface area contributed by atoms with E-state index in [0.717, 1.165) is 0 Å². The summed E-state index contributed by atoms with van der Waals surface area (Å²) in [7, 11) is 2.80. The number of esters is 2. The molecule has 0 amide bonds. The molecule has 1 aliphatic rings. The molecule has 128 valence electrons. The first kappa shape index (κ1) is 17.0. The smallest absolute Gasteiger partial charge is 0.360 e. The van der Waals surface area contributed by atoms with E-state index < -0.39 is 17.5 Å². The van der Waals surface area contributed by atoms with E-state index in [0.29, 0.717) is 27.5 Å². The summed E-state index contributed by atoms with van der Waals surface area (Å²) in [5.74, 6) is -0.681. The van der Waals surface area contributed by atoms with Crippen LogP contribution >= 0.6 is 11.6 Å². The van der Waals surface area contributed by atoms with Crippen molar-refractivity contribution in [2.24, 2.45) is 0 Å². The molecule has 0 aliphatic carbocycles. The number of halogens is 1. The lowest BCUT2D eigenvalue weighted by molar-refractivity contribution is -0.169. The highest BCUT2D eigenvalue weighted by Crippen LogP contribution is 2.45. The third-order valence-electron chi connectivity index (χ3n) is 4.00. The molecular weight excluding hydrogens is 344 g/mol. The van der Waals surface area contributed by atoms with Gasteiger partial charge in [0, 0.05) is 22.2 Å². The molecule has 0 radical (unpaired) electrons. The third-order valence-corrected chi connectivity index (χ3v) is 4.24. The van der Waals surface area contributed by atoms with Crippen LogP contribution in [0.15, 0.2) is 54.6 Å². The number of carbonyl (C=O) groups excluding carboxylic acids is 2. The van der Waals surface area contributed by atoms with Crippen LogP contribution < -0.4 is 4.74 Å². The van der Waals surface area contributed by atoms with Gasteiger partial charge in [0.15, 0.2) is 0 Å². The fourth-order valence-electron chi connectivity index (χ4n) is 2.85. The number of cyclic esters (lactones) is 1. The average molecular weight is 359 g/mol. The molecule has 0 spiro atoms. The molecular formula is C19H15ClO5. The van der Waals surface area contributed by atoms with Crippen LogP contribution in [0, 0.1) is 0 Å². The maximum atomic E-state index is 12.7. The predicted molar refractivity (Wildman–Crippen MR) is 92.2 cm³/mol. The largest absolute Gasteiger partial charge is 0.497 e. The molecule has 2 aromatic rings. The van der Waals surface area contributed by atoms with Crippen LogP contribution in [0.3, 0.4) is 0 Å². The van der Waals surface area contributed by atoms with E-state index in [9.17, 15) is 9.59 Å². The van der Waals surface area contributed by atoms with Crippen LogP contribution in [0.2, 0.25) is 5.02 Å². The van der Waals surface area contributed by atoms with Crippen LogP contribution in [0.5, 0.6) is 5.75 Å². The normalized spacial score (nSPS) is 19.2. The van der Waals surface area contributed by atoms with E-state index in [4.69, 9.17) is 25.8 Å². The molecule has 0 saturated heterocycles. The van der Waals surface area contributed by atoms with Crippen molar-refractivity contribution < 1.29 is 23.8 Å². The first-order chi connectivity index (χ1) is 12.0. The Labute approximate surface area is 149 Å². The van der Waals surface area contributed by atoms with Gasteiger partial charge in [0.1, 0.15) is 5.75 Å². The summed E-state index contributed by atoms with van der Waals surface area (Å²) in [6.07, 6.45) is 1.29. The highest BCUT2D eigenvalue weighted by atomic mass is 35.5. The van der Waals surface area contributed by atoms with E-state index in [1.54, 1.807) is 55.6 Å². The van der Waals surface area contributed by atoms with Gasteiger partial charge < -0.3 is 14.2 Å². The molecule has 0 N–H and O–H groups in total. The fourth-order valence-corrected chi connectivity index (χ4v) is 3.04. The number of benzene rings is 2. The zero-order valence-electron chi connectivity index (χ0n) is 13.6. The zero-order chi connectivity index (χ0) is 18.0. The molecule has 5 nitrogen and oxygen atoms in total. The van der Waals surface area contributed by atoms with Gasteiger partial charge in [-0.2, -0.15) is 0 Å². The van der Waals surface area contributed by atoms with Gasteiger partial charge in [-0.15, -0.1) is 0 Å². The second kappa shape index (κ2) is 6.61. The molecule has 0 unspecified atom stereocenters. The molecule has 0 fully saturated rings. The summed E-state index contributed by atoms with van der Waals surface area (Å²) in [5.41, 5.74) is -0.267. The lowest BCUT2D eigenvalue weighted by Crippen LogP contribution is -2.39. The molecule has 0 saturated carbocycles. The minimum Gasteiger partial charge on any atom is -0.497 e. The fraction of sp³-hybridized carbons (Fsp3) is 0.158. The summed E-state index contributed by atoms with van der Waals surface area (Å²) in [6.45, 7) is 0. The highest BCUT2D eigenvalue weighted by Gasteiger charge is 2.53. The van der Waals surface area contributed by atoms with Crippen molar-refractivity contribution in [3.05, 3.63) is 70.8 Å². The Hall–Kier alpha value is -2.79. The number of ether oxygens (including phenoxy) is 3. The van der Waals surface area contributed by atoms with Gasteiger partial charge in [-0.1, -0.05) is 35.9 Å². The summed E-state index contributed by atoms with van der Waals surface area (Å²) < 4.78 is 15.6. The summed E-state index contributed by atoms with van der Waals surface area (Å²) in [4.78, 5) is 24.8. The Morgan fingerprint density at radius 1 is 1.12 bits per heavy atom. The van der Waals surface area contributed by atoms with Gasteiger partial charge in [0.05, 0.1) is 14.2 Å². The molecule has 0 bridgehead atoms. The van der Waals surface area contributed by atoms with E-state index >= 15 is 0 Å². The molecule has 3 rings (SSSR count). The summed E-state index contributed by atoms with van der Waals surface area (Å²) >= 11 is 6.07. The number of hydrogen-bond acceptors (Lipinski definition) is 5. The van der Waals surface area contributed by atoms with Crippen molar-refractivity contribution >= 4 is 29.1 Å². The Balaban J connectivity index is 2.20. The van der Waals surface area contributed by atoms with Gasteiger partial charge in [-0.05, 0) is 29.8 Å². The van der Waals surface area contributed by atoms with Gasteiger partial charge in [-0.25, -0.2) is 9.59 Å². The van der Waals surface area contributed by atoms with Crippen molar-refractivity contribution in [3.8, 4) is 5.75 Å². The van der Waals surface area contributed by atoms with Crippen molar-refractivity contribution in [3.63, 3.8) is 0 Å². The van der Waals surface area contributed by atoms with Crippen molar-refractivity contribution in [1.29, 1.82) is 0 Å². The Bertz CT molecular complexity index is 856. The summed E-state index contributed by atoms with van der Waals surface area (Å²) in [6, 6.07) is 13.6. The second-order valence-electron chi connectivity index (χ2n) is 5.39. The van der Waals surface area contributed by atoms with Crippen molar-refractivity contribution in [1.82, 2.24) is 0 Å². The second-order valence-corrected chi connectivity index (χ2v) is 5.83. The predicted octanol–water partition coefficient (Wildman–Crippen LogP) is 3.36. The lowest BCUT2D eigenvalue weighted by atomic mass is 9.83. The number of rotatable bonds is 4. The topological polar surface area (TPSA) is 61.8 Å². The molecule has 1 atom stereocenters. The van der Waals surface area contributed by atoms with Gasteiger partial charge >= 0.3 is 11.9 Å². The van der Waals surface area contributed by atoms with Crippen LogP contribution in [0.4, 0.5) is 0 Å². The zero-order valence-corrected chi connectivity index (χ0v) is 14.4. The monoisotopic (exact) mass is 358 g/mol. The van der Waals surface area contributed by atoms with Gasteiger partial charge in [0.25, 0.3) is 5.60 Å². The Kier molecular flexibility index (Phi) is 4.51. The van der Waals surface area contributed by atoms with Crippen molar-refractivity contribution in [2.45, 2.75) is 5.60 Å². The highest BCUT2D eigenvalue weighted by molar-refractivity contribution is 6.30. The maximum Gasteiger partial charge on any atom is 0.360 e. The lowest BCUT2D eigenvalue weighted by Gasteiger charge is -2.29. The van der Waals surface area contributed by atoms with E-state index in [1.165, 1.54) is 13.2 Å². The van der Waals surface area contributed by atoms with E-state index in [2.05, 4.69) is 0 Å². The van der Waals surface area contributed by atoms with E-state index in [-0.39, 0.29) is 0 Å². The number of methoxy groups -OCH3 is 2. The number of carbonyl (C=O) groups is 2. The molecule has 1 aliphatic heterocycles. The standard InChI is InChI=1S/C19H15ClO5/c1-23-15-8-6-12(7-9-15)16-11-17(21)25-19(16,18(22)24-2)13-4-3-5-14(20)10-13/h3-11H,1-2H3/t19-/m0/s1. The minimum absolute atomic E-state index is 0.384. The van der Waals surface area contributed by atoms with Crippen LogP contribution in [0.25, 0.3) is 5.57 Å². The molecule has 1 heterocycles. The maximum absolute atomic E-state index is 12.7. The van der Waals surface area contributed by atoms with Crippen LogP contribution in [0.1, 0.15) is 11.1 Å². The third kappa shape index (κ3) is 2.87. The van der Waals surface area contributed by atoms with Gasteiger partial charge in [0.2, 0.25) is 0 Å². The number of hydrogen-bond donors (Lipinski definition) is 0.